The summed E-state index contributed by atoms with van der Waals surface area (Å²) in [5, 5.41) is 0. The summed E-state index contributed by atoms with van der Waals surface area (Å²) in [6.07, 6.45) is 2.73. The molecule has 1 saturated heterocycles. The Morgan fingerprint density at radius 3 is 2.62 bits per heavy atom. The zero-order valence-electron chi connectivity index (χ0n) is 17.1. The molecule has 2 aromatic carbocycles. The Morgan fingerprint density at radius 1 is 1.03 bits per heavy atom. The lowest BCUT2D eigenvalue weighted by Gasteiger charge is -2.22. The first-order valence-corrected chi connectivity index (χ1v) is 10.3. The van der Waals surface area contributed by atoms with Gasteiger partial charge in [-0.3, -0.25) is 4.79 Å². The number of carbonyl (C=O) groups excluding carboxylic acids is 1. The molecular formula is C24H27N3O2. The van der Waals surface area contributed by atoms with Crippen molar-refractivity contribution in [2.45, 2.75) is 20.3 Å². The maximum Gasteiger partial charge on any atom is 0.254 e. The SMILES string of the molecule is CCN1CCCN(C(=O)c2ccccc2-c2ncc(-c3ccc(C)cc3)o2)CC1. The largest absolute Gasteiger partial charge is 0.436 e. The van der Waals surface area contributed by atoms with Crippen LogP contribution >= 0.6 is 0 Å². The van der Waals surface area contributed by atoms with Gasteiger partial charge in [0.2, 0.25) is 5.89 Å². The number of oxazole rings is 1. The van der Waals surface area contributed by atoms with Crippen LogP contribution in [0.2, 0.25) is 0 Å². The number of nitrogens with zero attached hydrogens (tertiary/aromatic N) is 3. The van der Waals surface area contributed by atoms with Gasteiger partial charge in [0, 0.05) is 30.8 Å². The first-order chi connectivity index (χ1) is 14.2. The highest BCUT2D eigenvalue weighted by Gasteiger charge is 2.23. The second kappa shape index (κ2) is 8.62. The van der Waals surface area contributed by atoms with Crippen LogP contribution in [0.4, 0.5) is 0 Å². The molecule has 1 aliphatic heterocycles. The van der Waals surface area contributed by atoms with Crippen LogP contribution < -0.4 is 0 Å². The molecule has 0 N–H and O–H groups in total. The van der Waals surface area contributed by atoms with Crippen LogP contribution in [-0.2, 0) is 0 Å². The maximum absolute atomic E-state index is 13.3. The van der Waals surface area contributed by atoms with Gasteiger partial charge in [0.15, 0.2) is 5.76 Å². The van der Waals surface area contributed by atoms with Gasteiger partial charge in [0.1, 0.15) is 0 Å². The lowest BCUT2D eigenvalue weighted by Crippen LogP contribution is -2.35. The normalized spacial score (nSPS) is 15.3. The molecule has 4 rings (SSSR count). The van der Waals surface area contributed by atoms with Crippen LogP contribution in [0.5, 0.6) is 0 Å². The van der Waals surface area contributed by atoms with E-state index in [2.05, 4.69) is 23.7 Å². The monoisotopic (exact) mass is 389 g/mol. The number of rotatable bonds is 4. The van der Waals surface area contributed by atoms with E-state index in [-0.39, 0.29) is 5.91 Å². The number of carbonyl (C=O) groups is 1. The van der Waals surface area contributed by atoms with Crippen molar-refractivity contribution in [3.05, 3.63) is 65.9 Å². The second-order valence-electron chi connectivity index (χ2n) is 7.52. The maximum atomic E-state index is 13.3. The number of benzene rings is 2. The van der Waals surface area contributed by atoms with Crippen molar-refractivity contribution in [2.24, 2.45) is 0 Å². The Balaban J connectivity index is 1.60. The van der Waals surface area contributed by atoms with Crippen LogP contribution in [0, 0.1) is 6.92 Å². The number of amides is 1. The molecule has 5 heteroatoms. The van der Waals surface area contributed by atoms with Crippen LogP contribution in [0.3, 0.4) is 0 Å². The van der Waals surface area contributed by atoms with Gasteiger partial charge in [0.05, 0.1) is 11.8 Å². The zero-order valence-corrected chi connectivity index (χ0v) is 17.1. The molecule has 0 saturated carbocycles. The van der Waals surface area contributed by atoms with E-state index in [1.165, 1.54) is 5.56 Å². The Hall–Kier alpha value is -2.92. The van der Waals surface area contributed by atoms with E-state index in [0.717, 1.165) is 50.3 Å². The summed E-state index contributed by atoms with van der Waals surface area (Å²) in [4.78, 5) is 22.1. The topological polar surface area (TPSA) is 49.6 Å². The summed E-state index contributed by atoms with van der Waals surface area (Å²) in [5.41, 5.74) is 3.57. The van der Waals surface area contributed by atoms with Gasteiger partial charge in [-0.2, -0.15) is 0 Å². The average molecular weight is 389 g/mol. The molecule has 1 fully saturated rings. The quantitative estimate of drug-likeness (QED) is 0.660. The fraction of sp³-hybridized carbons (Fsp3) is 0.333. The van der Waals surface area contributed by atoms with Crippen molar-refractivity contribution in [1.29, 1.82) is 0 Å². The van der Waals surface area contributed by atoms with E-state index in [1.54, 1.807) is 6.20 Å². The van der Waals surface area contributed by atoms with Gasteiger partial charge < -0.3 is 14.2 Å². The van der Waals surface area contributed by atoms with Crippen molar-refractivity contribution >= 4 is 5.91 Å². The highest BCUT2D eigenvalue weighted by molar-refractivity contribution is 6.00. The molecule has 2 heterocycles. The van der Waals surface area contributed by atoms with Gasteiger partial charge in [0.25, 0.3) is 5.91 Å². The minimum atomic E-state index is 0.0497. The molecule has 150 valence electrons. The standard InChI is InChI=1S/C24H27N3O2/c1-3-26-13-6-14-27(16-15-26)24(28)21-8-5-4-7-20(21)23-25-17-22(29-23)19-11-9-18(2)10-12-19/h4-5,7-12,17H,3,6,13-16H2,1-2H3. The second-order valence-corrected chi connectivity index (χ2v) is 7.52. The number of aryl methyl sites for hydroxylation is 1. The average Bonchev–Trinajstić information content (AvgIpc) is 3.12. The molecule has 0 unspecified atom stereocenters. The van der Waals surface area contributed by atoms with Crippen LogP contribution in [0.25, 0.3) is 22.8 Å². The minimum Gasteiger partial charge on any atom is -0.436 e. The third kappa shape index (κ3) is 4.25. The third-order valence-corrected chi connectivity index (χ3v) is 5.55. The minimum absolute atomic E-state index is 0.0497. The van der Waals surface area contributed by atoms with Crippen molar-refractivity contribution < 1.29 is 9.21 Å². The molecule has 1 aliphatic rings. The number of hydrogen-bond acceptors (Lipinski definition) is 4. The summed E-state index contributed by atoms with van der Waals surface area (Å²) >= 11 is 0. The lowest BCUT2D eigenvalue weighted by molar-refractivity contribution is 0.0762. The van der Waals surface area contributed by atoms with Crippen molar-refractivity contribution in [2.75, 3.05) is 32.7 Å². The van der Waals surface area contributed by atoms with Gasteiger partial charge >= 0.3 is 0 Å². The number of likely N-dealkylation sites (N-methyl/N-ethyl adjacent to an activating group) is 1. The van der Waals surface area contributed by atoms with Crippen LogP contribution in [0.15, 0.2) is 59.1 Å². The van der Waals surface area contributed by atoms with Gasteiger partial charge in [-0.15, -0.1) is 0 Å². The lowest BCUT2D eigenvalue weighted by atomic mass is 10.1. The fourth-order valence-corrected chi connectivity index (χ4v) is 3.77. The fourth-order valence-electron chi connectivity index (χ4n) is 3.77. The smallest absolute Gasteiger partial charge is 0.254 e. The predicted octanol–water partition coefficient (Wildman–Crippen LogP) is 4.48. The zero-order chi connectivity index (χ0) is 20.2. The Kier molecular flexibility index (Phi) is 5.76. The molecule has 1 aromatic heterocycles. The predicted molar refractivity (Wildman–Crippen MR) is 115 cm³/mol. The van der Waals surface area contributed by atoms with Crippen molar-refractivity contribution in [3.63, 3.8) is 0 Å². The highest BCUT2D eigenvalue weighted by atomic mass is 16.4. The molecule has 5 nitrogen and oxygen atoms in total. The van der Waals surface area contributed by atoms with E-state index in [0.29, 0.717) is 17.2 Å². The van der Waals surface area contributed by atoms with E-state index in [4.69, 9.17) is 4.42 Å². The molecule has 29 heavy (non-hydrogen) atoms. The highest BCUT2D eigenvalue weighted by Crippen LogP contribution is 2.29. The summed E-state index contributed by atoms with van der Waals surface area (Å²) in [6.45, 7) is 8.74. The summed E-state index contributed by atoms with van der Waals surface area (Å²) in [6, 6.07) is 15.7. The van der Waals surface area contributed by atoms with E-state index < -0.39 is 0 Å². The first-order valence-electron chi connectivity index (χ1n) is 10.3. The summed E-state index contributed by atoms with van der Waals surface area (Å²) < 4.78 is 6.04. The van der Waals surface area contributed by atoms with Crippen LogP contribution in [-0.4, -0.2) is 53.4 Å². The van der Waals surface area contributed by atoms with Crippen molar-refractivity contribution in [3.8, 4) is 22.8 Å². The van der Waals surface area contributed by atoms with Gasteiger partial charge in [-0.25, -0.2) is 4.98 Å². The molecular weight excluding hydrogens is 362 g/mol. The van der Waals surface area contributed by atoms with Crippen molar-refractivity contribution in [1.82, 2.24) is 14.8 Å². The molecule has 3 aromatic rings. The molecule has 0 spiro atoms. The summed E-state index contributed by atoms with van der Waals surface area (Å²) in [5.74, 6) is 1.23. The van der Waals surface area contributed by atoms with E-state index >= 15 is 0 Å². The molecule has 0 bridgehead atoms. The third-order valence-electron chi connectivity index (χ3n) is 5.55. The molecule has 1 amide bonds. The molecule has 0 radical (unpaired) electrons. The van der Waals surface area contributed by atoms with Gasteiger partial charge in [-0.05, 0) is 38.6 Å². The number of aromatic nitrogens is 1. The Morgan fingerprint density at radius 2 is 1.83 bits per heavy atom. The first kappa shape index (κ1) is 19.4. The summed E-state index contributed by atoms with van der Waals surface area (Å²) in [7, 11) is 0. The Labute approximate surface area is 172 Å². The molecule has 0 aliphatic carbocycles. The Bertz CT molecular complexity index is 978. The number of hydrogen-bond donors (Lipinski definition) is 0. The van der Waals surface area contributed by atoms with Gasteiger partial charge in [-0.1, -0.05) is 48.9 Å². The van der Waals surface area contributed by atoms with Crippen LogP contribution in [0.1, 0.15) is 29.3 Å². The van der Waals surface area contributed by atoms with E-state index in [9.17, 15) is 4.79 Å². The van der Waals surface area contributed by atoms with E-state index in [1.807, 2.05) is 53.4 Å². The molecule has 0 atom stereocenters.